The van der Waals surface area contributed by atoms with Crippen LogP contribution in [-0.2, 0) is 9.59 Å². The predicted octanol–water partition coefficient (Wildman–Crippen LogP) is 1.62. The monoisotopic (exact) mass is 282 g/mol. The van der Waals surface area contributed by atoms with Crippen molar-refractivity contribution in [3.63, 3.8) is 0 Å². The average Bonchev–Trinajstić information content (AvgIpc) is 2.91. The van der Waals surface area contributed by atoms with Crippen LogP contribution in [0.4, 0.5) is 0 Å². The SMILES string of the molecule is CN(C(=O)CC1CCNC1)C1(CC(=O)O)CCCCC1. The van der Waals surface area contributed by atoms with Crippen molar-refractivity contribution in [1.82, 2.24) is 10.2 Å². The van der Waals surface area contributed by atoms with Crippen LogP contribution in [0.3, 0.4) is 0 Å². The van der Waals surface area contributed by atoms with Crippen LogP contribution < -0.4 is 5.32 Å². The molecule has 2 aliphatic rings. The zero-order valence-electron chi connectivity index (χ0n) is 12.4. The molecule has 0 aromatic carbocycles. The summed E-state index contributed by atoms with van der Waals surface area (Å²) < 4.78 is 0. The highest BCUT2D eigenvalue weighted by molar-refractivity contribution is 5.78. The maximum absolute atomic E-state index is 12.5. The Morgan fingerprint density at radius 2 is 2.00 bits per heavy atom. The molecule has 5 nitrogen and oxygen atoms in total. The predicted molar refractivity (Wildman–Crippen MR) is 76.4 cm³/mol. The largest absolute Gasteiger partial charge is 0.481 e. The van der Waals surface area contributed by atoms with Crippen LogP contribution in [-0.4, -0.2) is 47.6 Å². The molecule has 0 aromatic heterocycles. The number of nitrogens with zero attached hydrogens (tertiary/aromatic N) is 1. The van der Waals surface area contributed by atoms with Crippen LogP contribution in [0.15, 0.2) is 0 Å². The number of carboxylic acids is 1. The summed E-state index contributed by atoms with van der Waals surface area (Å²) >= 11 is 0. The molecule has 114 valence electrons. The van der Waals surface area contributed by atoms with E-state index in [1.807, 2.05) is 0 Å². The van der Waals surface area contributed by atoms with Gasteiger partial charge in [-0.2, -0.15) is 0 Å². The van der Waals surface area contributed by atoms with Crippen molar-refractivity contribution in [2.75, 3.05) is 20.1 Å². The molecule has 0 radical (unpaired) electrons. The summed E-state index contributed by atoms with van der Waals surface area (Å²) in [6.45, 7) is 1.90. The van der Waals surface area contributed by atoms with E-state index < -0.39 is 11.5 Å². The van der Waals surface area contributed by atoms with Gasteiger partial charge in [0, 0.05) is 13.5 Å². The summed E-state index contributed by atoms with van der Waals surface area (Å²) in [6, 6.07) is 0. The van der Waals surface area contributed by atoms with Crippen molar-refractivity contribution < 1.29 is 14.7 Å². The Bertz CT molecular complexity index is 358. The highest BCUT2D eigenvalue weighted by Crippen LogP contribution is 2.36. The molecule has 0 aromatic rings. The first kappa shape index (κ1) is 15.3. The number of carbonyl (C=O) groups is 2. The lowest BCUT2D eigenvalue weighted by Crippen LogP contribution is -2.52. The van der Waals surface area contributed by atoms with Crippen LogP contribution in [0.5, 0.6) is 0 Å². The summed E-state index contributed by atoms with van der Waals surface area (Å²) in [5.41, 5.74) is -0.451. The van der Waals surface area contributed by atoms with Gasteiger partial charge in [0.25, 0.3) is 0 Å². The molecular weight excluding hydrogens is 256 g/mol. The van der Waals surface area contributed by atoms with Crippen LogP contribution in [0.2, 0.25) is 0 Å². The molecule has 1 unspecified atom stereocenters. The summed E-state index contributed by atoms with van der Waals surface area (Å²) in [5, 5.41) is 12.5. The van der Waals surface area contributed by atoms with E-state index in [-0.39, 0.29) is 12.3 Å². The van der Waals surface area contributed by atoms with E-state index in [1.54, 1.807) is 11.9 Å². The van der Waals surface area contributed by atoms with E-state index in [2.05, 4.69) is 5.32 Å². The summed E-state index contributed by atoms with van der Waals surface area (Å²) in [7, 11) is 1.80. The Hall–Kier alpha value is -1.10. The second kappa shape index (κ2) is 6.57. The number of hydrogen-bond acceptors (Lipinski definition) is 3. The maximum Gasteiger partial charge on any atom is 0.305 e. The second-order valence-corrected chi connectivity index (χ2v) is 6.37. The normalized spacial score (nSPS) is 25.4. The Labute approximate surface area is 120 Å². The Morgan fingerprint density at radius 1 is 1.30 bits per heavy atom. The zero-order valence-corrected chi connectivity index (χ0v) is 12.4. The number of hydrogen-bond donors (Lipinski definition) is 2. The molecule has 0 spiro atoms. The van der Waals surface area contributed by atoms with Crippen LogP contribution in [0.25, 0.3) is 0 Å². The van der Waals surface area contributed by atoms with E-state index in [9.17, 15) is 14.7 Å². The minimum atomic E-state index is -0.797. The van der Waals surface area contributed by atoms with E-state index in [4.69, 9.17) is 0 Å². The highest BCUT2D eigenvalue weighted by atomic mass is 16.4. The molecule has 20 heavy (non-hydrogen) atoms. The fourth-order valence-electron chi connectivity index (χ4n) is 3.66. The maximum atomic E-state index is 12.5. The van der Waals surface area contributed by atoms with Crippen molar-refractivity contribution in [3.8, 4) is 0 Å². The molecular formula is C15H26N2O3. The molecule has 1 saturated carbocycles. The van der Waals surface area contributed by atoms with Crippen molar-refractivity contribution in [3.05, 3.63) is 0 Å². The molecule has 1 atom stereocenters. The third-order valence-corrected chi connectivity index (χ3v) is 4.98. The van der Waals surface area contributed by atoms with Gasteiger partial charge in [-0.15, -0.1) is 0 Å². The van der Waals surface area contributed by atoms with Gasteiger partial charge >= 0.3 is 5.97 Å². The fraction of sp³-hybridized carbons (Fsp3) is 0.867. The number of nitrogens with one attached hydrogen (secondary N) is 1. The Morgan fingerprint density at radius 3 is 2.55 bits per heavy atom. The lowest BCUT2D eigenvalue weighted by Gasteiger charge is -2.44. The van der Waals surface area contributed by atoms with Gasteiger partial charge in [0.1, 0.15) is 0 Å². The molecule has 1 heterocycles. The lowest BCUT2D eigenvalue weighted by atomic mass is 9.77. The summed E-state index contributed by atoms with van der Waals surface area (Å²) in [6.07, 6.45) is 6.52. The Kier molecular flexibility index (Phi) is 5.02. The lowest BCUT2D eigenvalue weighted by molar-refractivity contribution is -0.146. The smallest absolute Gasteiger partial charge is 0.305 e. The van der Waals surface area contributed by atoms with Gasteiger partial charge < -0.3 is 15.3 Å². The van der Waals surface area contributed by atoms with Crippen LogP contribution >= 0.6 is 0 Å². The standard InChI is InChI=1S/C15H26N2O3/c1-17(13(18)9-12-5-8-16-11-12)15(10-14(19)20)6-3-2-4-7-15/h12,16H,2-11H2,1H3,(H,19,20). The fourth-order valence-corrected chi connectivity index (χ4v) is 3.66. The highest BCUT2D eigenvalue weighted by Gasteiger charge is 2.40. The van der Waals surface area contributed by atoms with E-state index in [0.717, 1.165) is 51.6 Å². The molecule has 2 N–H and O–H groups in total. The molecule has 1 aliphatic carbocycles. The first-order chi connectivity index (χ1) is 9.53. The van der Waals surface area contributed by atoms with E-state index in [1.165, 1.54) is 0 Å². The van der Waals surface area contributed by atoms with Crippen molar-refractivity contribution >= 4 is 11.9 Å². The van der Waals surface area contributed by atoms with Crippen LogP contribution in [0.1, 0.15) is 51.4 Å². The van der Waals surface area contributed by atoms with Gasteiger partial charge in [-0.1, -0.05) is 19.3 Å². The van der Waals surface area contributed by atoms with Gasteiger partial charge in [0.05, 0.1) is 12.0 Å². The van der Waals surface area contributed by atoms with E-state index in [0.29, 0.717) is 12.3 Å². The van der Waals surface area contributed by atoms with Gasteiger partial charge in [-0.25, -0.2) is 0 Å². The topological polar surface area (TPSA) is 69.6 Å². The van der Waals surface area contributed by atoms with Crippen molar-refractivity contribution in [2.45, 2.75) is 56.9 Å². The molecule has 0 bridgehead atoms. The minimum absolute atomic E-state index is 0.0815. The third kappa shape index (κ3) is 3.51. The molecule has 1 amide bonds. The first-order valence-corrected chi connectivity index (χ1v) is 7.73. The summed E-state index contributed by atoms with van der Waals surface area (Å²) in [5.74, 6) is -0.272. The first-order valence-electron chi connectivity index (χ1n) is 7.73. The zero-order chi connectivity index (χ0) is 14.6. The minimum Gasteiger partial charge on any atom is -0.481 e. The van der Waals surface area contributed by atoms with Crippen molar-refractivity contribution in [1.29, 1.82) is 0 Å². The summed E-state index contributed by atoms with van der Waals surface area (Å²) in [4.78, 5) is 25.4. The van der Waals surface area contributed by atoms with Gasteiger partial charge in [-0.05, 0) is 38.3 Å². The second-order valence-electron chi connectivity index (χ2n) is 6.37. The molecule has 1 saturated heterocycles. The Balaban J connectivity index is 2.02. The van der Waals surface area contributed by atoms with Gasteiger partial charge in [0.15, 0.2) is 0 Å². The molecule has 5 heteroatoms. The molecule has 1 aliphatic heterocycles. The van der Waals surface area contributed by atoms with E-state index >= 15 is 0 Å². The van der Waals surface area contributed by atoms with Gasteiger partial charge in [0.2, 0.25) is 5.91 Å². The molecule has 2 rings (SSSR count). The third-order valence-electron chi connectivity index (χ3n) is 4.98. The quantitative estimate of drug-likeness (QED) is 0.804. The molecule has 2 fully saturated rings. The number of carboxylic acid groups (broad SMARTS) is 1. The average molecular weight is 282 g/mol. The van der Waals surface area contributed by atoms with Gasteiger partial charge in [-0.3, -0.25) is 9.59 Å². The number of carbonyl (C=O) groups excluding carboxylic acids is 1. The van der Waals surface area contributed by atoms with Crippen LogP contribution in [0, 0.1) is 5.92 Å². The number of amides is 1. The number of aliphatic carboxylic acids is 1. The van der Waals surface area contributed by atoms with Crippen molar-refractivity contribution in [2.24, 2.45) is 5.92 Å². The number of rotatable bonds is 5.